The summed E-state index contributed by atoms with van der Waals surface area (Å²) in [7, 11) is 0. The number of hydrogen-bond donors (Lipinski definition) is 2. The average Bonchev–Trinajstić information content (AvgIpc) is 2.45. The van der Waals surface area contributed by atoms with Gasteiger partial charge in [-0.3, -0.25) is 10.1 Å². The zero-order valence-electron chi connectivity index (χ0n) is 12.7. The molecule has 4 nitrogen and oxygen atoms in total. The molecule has 4 heteroatoms. The van der Waals surface area contributed by atoms with Gasteiger partial charge in [0.05, 0.1) is 11.2 Å². The van der Waals surface area contributed by atoms with Crippen molar-refractivity contribution < 1.29 is 9.53 Å². The molecule has 1 saturated heterocycles. The number of nitrogens with one attached hydrogen (secondary N) is 1. The van der Waals surface area contributed by atoms with Crippen LogP contribution in [0.25, 0.3) is 0 Å². The molecule has 19 heavy (non-hydrogen) atoms. The van der Waals surface area contributed by atoms with Crippen LogP contribution in [-0.4, -0.2) is 28.7 Å². The second kappa shape index (κ2) is 4.74. The maximum absolute atomic E-state index is 12.2. The van der Waals surface area contributed by atoms with Crippen LogP contribution >= 0.6 is 0 Å². The quantitative estimate of drug-likeness (QED) is 0.824. The highest BCUT2D eigenvalue weighted by atomic mass is 16.5. The molecule has 3 N–H and O–H groups in total. The molecule has 1 aliphatic heterocycles. The number of carbonyl (C=O) groups excluding carboxylic acids is 1. The first-order chi connectivity index (χ1) is 8.69. The maximum atomic E-state index is 12.2. The topological polar surface area (TPSA) is 64.3 Å². The summed E-state index contributed by atoms with van der Waals surface area (Å²) in [5.41, 5.74) is 4.12. The third-order valence-corrected chi connectivity index (χ3v) is 4.73. The highest BCUT2D eigenvalue weighted by Crippen LogP contribution is 2.45. The Kier molecular flexibility index (Phi) is 3.69. The van der Waals surface area contributed by atoms with Crippen molar-refractivity contribution >= 4 is 5.91 Å². The van der Waals surface area contributed by atoms with Gasteiger partial charge < -0.3 is 10.5 Å². The molecule has 2 fully saturated rings. The molecule has 2 aliphatic rings. The lowest BCUT2D eigenvalue weighted by atomic mass is 9.77. The van der Waals surface area contributed by atoms with Crippen molar-refractivity contribution in [1.82, 2.24) is 5.32 Å². The van der Waals surface area contributed by atoms with E-state index in [9.17, 15) is 4.79 Å². The fourth-order valence-electron chi connectivity index (χ4n) is 3.94. The molecule has 1 unspecified atom stereocenters. The SMILES string of the molecule is CC1(C)CC(NC2CCCCC2)(C(N)=O)C(C)(C)O1. The summed E-state index contributed by atoms with van der Waals surface area (Å²) >= 11 is 0. The molecule has 0 aromatic rings. The standard InChI is InChI=1S/C15H28N2O2/c1-13(2)10-15(12(16)18,14(3,4)19-13)17-11-8-6-5-7-9-11/h11,17H,5-10H2,1-4H3,(H2,16,18). The van der Waals surface area contributed by atoms with Crippen LogP contribution in [0.1, 0.15) is 66.2 Å². The summed E-state index contributed by atoms with van der Waals surface area (Å²) in [4.78, 5) is 12.2. The molecule has 110 valence electrons. The van der Waals surface area contributed by atoms with Crippen LogP contribution in [-0.2, 0) is 9.53 Å². The summed E-state index contributed by atoms with van der Waals surface area (Å²) in [6.07, 6.45) is 6.66. The second-order valence-electron chi connectivity index (χ2n) is 7.30. The lowest BCUT2D eigenvalue weighted by Gasteiger charge is -2.41. The fraction of sp³-hybridized carbons (Fsp3) is 0.933. The minimum atomic E-state index is -0.751. The monoisotopic (exact) mass is 268 g/mol. The van der Waals surface area contributed by atoms with E-state index in [4.69, 9.17) is 10.5 Å². The van der Waals surface area contributed by atoms with E-state index in [2.05, 4.69) is 5.32 Å². The maximum Gasteiger partial charge on any atom is 0.240 e. The summed E-state index contributed by atoms with van der Waals surface area (Å²) in [5, 5.41) is 3.58. The van der Waals surface area contributed by atoms with E-state index < -0.39 is 11.1 Å². The van der Waals surface area contributed by atoms with Crippen molar-refractivity contribution in [2.75, 3.05) is 0 Å². The second-order valence-corrected chi connectivity index (χ2v) is 7.30. The smallest absolute Gasteiger partial charge is 0.240 e. The van der Waals surface area contributed by atoms with Gasteiger partial charge in [0.15, 0.2) is 0 Å². The first-order valence-electron chi connectivity index (χ1n) is 7.46. The van der Waals surface area contributed by atoms with E-state index in [1.54, 1.807) is 0 Å². The van der Waals surface area contributed by atoms with Gasteiger partial charge in [0.25, 0.3) is 0 Å². The van der Waals surface area contributed by atoms with Crippen molar-refractivity contribution in [2.24, 2.45) is 5.73 Å². The van der Waals surface area contributed by atoms with Gasteiger partial charge in [-0.15, -0.1) is 0 Å². The van der Waals surface area contributed by atoms with E-state index in [-0.39, 0.29) is 11.5 Å². The predicted molar refractivity (Wildman–Crippen MR) is 75.8 cm³/mol. The highest BCUT2D eigenvalue weighted by molar-refractivity contribution is 5.87. The normalized spacial score (nSPS) is 34.3. The molecule has 0 aromatic carbocycles. The molecule has 1 aliphatic carbocycles. The Morgan fingerprint density at radius 1 is 1.16 bits per heavy atom. The highest BCUT2D eigenvalue weighted by Gasteiger charge is 2.61. The lowest BCUT2D eigenvalue weighted by molar-refractivity contribution is -0.134. The zero-order valence-corrected chi connectivity index (χ0v) is 12.7. The van der Waals surface area contributed by atoms with Gasteiger partial charge in [-0.1, -0.05) is 19.3 Å². The molecular weight excluding hydrogens is 240 g/mol. The van der Waals surface area contributed by atoms with Crippen molar-refractivity contribution in [1.29, 1.82) is 0 Å². The summed E-state index contributed by atoms with van der Waals surface area (Å²) in [6, 6.07) is 0.387. The van der Waals surface area contributed by atoms with Crippen LogP contribution in [0.2, 0.25) is 0 Å². The molecular formula is C15H28N2O2. The van der Waals surface area contributed by atoms with Crippen molar-refractivity contribution in [3.05, 3.63) is 0 Å². The fourth-order valence-corrected chi connectivity index (χ4v) is 3.94. The van der Waals surface area contributed by atoms with E-state index in [0.717, 1.165) is 12.8 Å². The largest absolute Gasteiger partial charge is 0.368 e. The van der Waals surface area contributed by atoms with E-state index in [1.807, 2.05) is 27.7 Å². The number of amides is 1. The minimum Gasteiger partial charge on any atom is -0.368 e. The van der Waals surface area contributed by atoms with Crippen LogP contribution in [0.3, 0.4) is 0 Å². The number of rotatable bonds is 3. The summed E-state index contributed by atoms with van der Waals surface area (Å²) in [6.45, 7) is 8.01. The van der Waals surface area contributed by atoms with Crippen LogP contribution in [0.15, 0.2) is 0 Å². The van der Waals surface area contributed by atoms with E-state index in [0.29, 0.717) is 12.5 Å². The van der Waals surface area contributed by atoms with Crippen LogP contribution in [0.5, 0.6) is 0 Å². The average molecular weight is 268 g/mol. The number of ether oxygens (including phenoxy) is 1. The molecule has 1 amide bonds. The van der Waals surface area contributed by atoms with Crippen molar-refractivity contribution in [2.45, 2.75) is 89.0 Å². The van der Waals surface area contributed by atoms with Gasteiger partial charge in [0.1, 0.15) is 5.54 Å². The Morgan fingerprint density at radius 3 is 2.16 bits per heavy atom. The van der Waals surface area contributed by atoms with E-state index >= 15 is 0 Å². The number of nitrogens with two attached hydrogens (primary N) is 1. The molecule has 2 rings (SSSR count). The van der Waals surface area contributed by atoms with Crippen molar-refractivity contribution in [3.8, 4) is 0 Å². The van der Waals surface area contributed by atoms with Crippen molar-refractivity contribution in [3.63, 3.8) is 0 Å². The lowest BCUT2D eigenvalue weighted by Crippen LogP contribution is -2.67. The van der Waals surface area contributed by atoms with Gasteiger partial charge >= 0.3 is 0 Å². The number of hydrogen-bond acceptors (Lipinski definition) is 3. The third-order valence-electron chi connectivity index (χ3n) is 4.73. The van der Waals surface area contributed by atoms with Gasteiger partial charge in [-0.25, -0.2) is 0 Å². The van der Waals surface area contributed by atoms with E-state index in [1.165, 1.54) is 19.3 Å². The molecule has 1 heterocycles. The molecule has 1 atom stereocenters. The van der Waals surface area contributed by atoms with Crippen LogP contribution in [0, 0.1) is 0 Å². The molecule has 1 saturated carbocycles. The van der Waals surface area contributed by atoms with Gasteiger partial charge in [-0.2, -0.15) is 0 Å². The Bertz CT molecular complexity index is 359. The van der Waals surface area contributed by atoms with Gasteiger partial charge in [0.2, 0.25) is 5.91 Å². The Balaban J connectivity index is 2.25. The molecule has 0 radical (unpaired) electrons. The summed E-state index contributed by atoms with van der Waals surface area (Å²) < 4.78 is 6.09. The third kappa shape index (κ3) is 2.65. The zero-order chi connectivity index (χ0) is 14.3. The molecule has 0 bridgehead atoms. The van der Waals surface area contributed by atoms with Crippen LogP contribution < -0.4 is 11.1 Å². The molecule has 0 aromatic heterocycles. The minimum absolute atomic E-state index is 0.284. The number of primary amides is 1. The Labute approximate surface area is 116 Å². The van der Waals surface area contributed by atoms with Crippen LogP contribution in [0.4, 0.5) is 0 Å². The Morgan fingerprint density at radius 2 is 1.74 bits per heavy atom. The number of carbonyl (C=O) groups is 1. The summed E-state index contributed by atoms with van der Waals surface area (Å²) in [5.74, 6) is -0.284. The first-order valence-corrected chi connectivity index (χ1v) is 7.46. The predicted octanol–water partition coefficient (Wildman–Crippen LogP) is 2.11. The first kappa shape index (κ1) is 14.8. The van der Waals surface area contributed by atoms with Gasteiger partial charge in [0, 0.05) is 12.5 Å². The van der Waals surface area contributed by atoms with Gasteiger partial charge in [-0.05, 0) is 40.5 Å². The molecule has 0 spiro atoms. The Hall–Kier alpha value is -0.610.